The van der Waals surface area contributed by atoms with Crippen LogP contribution < -0.4 is 10.2 Å². The Hall–Kier alpha value is -2.70. The van der Waals surface area contributed by atoms with Crippen molar-refractivity contribution in [3.05, 3.63) is 83.9 Å². The van der Waals surface area contributed by atoms with E-state index in [1.54, 1.807) is 0 Å². The lowest BCUT2D eigenvalue weighted by Crippen LogP contribution is -2.31. The Kier molecular flexibility index (Phi) is 5.27. The van der Waals surface area contributed by atoms with Crippen molar-refractivity contribution in [1.29, 1.82) is 0 Å². The highest BCUT2D eigenvalue weighted by Gasteiger charge is 2.42. The lowest BCUT2D eigenvalue weighted by molar-refractivity contribution is 0.0961. The molecule has 0 radical (unpaired) electrons. The molecular formula is C24H26N4OS. The van der Waals surface area contributed by atoms with Gasteiger partial charge in [0.1, 0.15) is 6.04 Å². The predicted molar refractivity (Wildman–Crippen MR) is 123 cm³/mol. The van der Waals surface area contributed by atoms with Crippen molar-refractivity contribution in [2.45, 2.75) is 44.5 Å². The third-order valence-electron chi connectivity index (χ3n) is 6.00. The SMILES string of the molecule is Cc1ccc(N2C(=S)N[C@@H](c3ccccn3)[C@H]2c2cccn2C[C@@H]2CCCO2)cc1. The Bertz CT molecular complexity index is 1010. The molecule has 30 heavy (non-hydrogen) atoms. The molecule has 154 valence electrons. The Balaban J connectivity index is 1.57. The predicted octanol–water partition coefficient (Wildman–Crippen LogP) is 4.55. The minimum absolute atomic E-state index is 0.00603. The highest BCUT2D eigenvalue weighted by atomic mass is 32.1. The molecule has 0 spiro atoms. The van der Waals surface area contributed by atoms with Crippen LogP contribution in [0.15, 0.2) is 67.0 Å². The zero-order valence-corrected chi connectivity index (χ0v) is 17.9. The second-order valence-electron chi connectivity index (χ2n) is 8.05. The molecule has 5 nitrogen and oxygen atoms in total. The van der Waals surface area contributed by atoms with E-state index in [0.717, 1.165) is 42.5 Å². The quantitative estimate of drug-likeness (QED) is 0.616. The smallest absolute Gasteiger partial charge is 0.174 e. The fraction of sp³-hybridized carbons (Fsp3) is 0.333. The van der Waals surface area contributed by atoms with Gasteiger partial charge in [0.25, 0.3) is 0 Å². The summed E-state index contributed by atoms with van der Waals surface area (Å²) in [6.07, 6.45) is 6.53. The van der Waals surface area contributed by atoms with E-state index in [1.165, 1.54) is 11.3 Å². The molecule has 2 aliphatic heterocycles. The molecule has 0 aliphatic carbocycles. The summed E-state index contributed by atoms with van der Waals surface area (Å²) in [5, 5.41) is 4.27. The van der Waals surface area contributed by atoms with Gasteiger partial charge in [-0.05, 0) is 68.4 Å². The van der Waals surface area contributed by atoms with Crippen LogP contribution >= 0.6 is 12.2 Å². The minimum atomic E-state index is -0.0295. The molecule has 3 atom stereocenters. The van der Waals surface area contributed by atoms with Crippen molar-refractivity contribution in [2.75, 3.05) is 11.5 Å². The van der Waals surface area contributed by atoms with E-state index < -0.39 is 0 Å². The van der Waals surface area contributed by atoms with E-state index in [1.807, 2.05) is 18.3 Å². The lowest BCUT2D eigenvalue weighted by atomic mass is 10.0. The fourth-order valence-corrected chi connectivity index (χ4v) is 4.85. The maximum Gasteiger partial charge on any atom is 0.174 e. The summed E-state index contributed by atoms with van der Waals surface area (Å²) in [5.41, 5.74) is 4.53. The van der Waals surface area contributed by atoms with Crippen molar-refractivity contribution in [1.82, 2.24) is 14.9 Å². The Labute approximate surface area is 182 Å². The van der Waals surface area contributed by atoms with Gasteiger partial charge in [-0.3, -0.25) is 4.98 Å². The van der Waals surface area contributed by atoms with Crippen LogP contribution in [0.1, 0.15) is 41.9 Å². The number of thiocarbonyl (C=S) groups is 1. The van der Waals surface area contributed by atoms with Gasteiger partial charge in [0.2, 0.25) is 0 Å². The van der Waals surface area contributed by atoms with Crippen LogP contribution in [0.4, 0.5) is 5.69 Å². The number of hydrogen-bond acceptors (Lipinski definition) is 3. The van der Waals surface area contributed by atoms with E-state index in [2.05, 4.69) is 75.4 Å². The number of nitrogens with zero attached hydrogens (tertiary/aromatic N) is 3. The van der Waals surface area contributed by atoms with Gasteiger partial charge in [-0.1, -0.05) is 23.8 Å². The number of anilines is 1. The maximum absolute atomic E-state index is 5.91. The van der Waals surface area contributed by atoms with Crippen LogP contribution in [0.5, 0.6) is 0 Å². The van der Waals surface area contributed by atoms with Crippen molar-refractivity contribution in [3.63, 3.8) is 0 Å². The summed E-state index contributed by atoms with van der Waals surface area (Å²) in [4.78, 5) is 6.88. The van der Waals surface area contributed by atoms with Gasteiger partial charge in [-0.15, -0.1) is 0 Å². The van der Waals surface area contributed by atoms with Gasteiger partial charge in [0.15, 0.2) is 5.11 Å². The number of hydrogen-bond donors (Lipinski definition) is 1. The molecule has 0 saturated carbocycles. The largest absolute Gasteiger partial charge is 0.376 e. The number of benzene rings is 1. The van der Waals surface area contributed by atoms with E-state index in [4.69, 9.17) is 17.0 Å². The topological polar surface area (TPSA) is 42.3 Å². The Morgan fingerprint density at radius 2 is 2.00 bits per heavy atom. The first-order valence-electron chi connectivity index (χ1n) is 10.5. The summed E-state index contributed by atoms with van der Waals surface area (Å²) >= 11 is 5.82. The third kappa shape index (κ3) is 3.61. The van der Waals surface area contributed by atoms with Gasteiger partial charge in [-0.25, -0.2) is 0 Å². The van der Waals surface area contributed by atoms with Crippen LogP contribution in [-0.2, 0) is 11.3 Å². The maximum atomic E-state index is 5.91. The van der Waals surface area contributed by atoms with Crippen molar-refractivity contribution < 1.29 is 4.74 Å². The molecule has 2 fully saturated rings. The van der Waals surface area contributed by atoms with Crippen LogP contribution in [0.25, 0.3) is 0 Å². The number of aromatic nitrogens is 2. The molecule has 2 aliphatic rings. The van der Waals surface area contributed by atoms with E-state index in [0.29, 0.717) is 0 Å². The summed E-state index contributed by atoms with van der Waals surface area (Å²) in [7, 11) is 0. The van der Waals surface area contributed by atoms with Gasteiger partial charge >= 0.3 is 0 Å². The second kappa shape index (κ2) is 8.20. The number of rotatable bonds is 5. The molecule has 0 bridgehead atoms. The van der Waals surface area contributed by atoms with Crippen LogP contribution in [0.3, 0.4) is 0 Å². The standard InChI is InChI=1S/C24H26N4OS/c1-17-9-11-18(12-10-17)28-23(22(26-24(28)30)20-7-2-3-13-25-20)21-8-4-14-27(21)16-19-6-5-15-29-19/h2-4,7-14,19,22-23H,5-6,15-16H2,1H3,(H,26,30)/t19-,22-,23+/m0/s1. The molecule has 0 amide bonds. The van der Waals surface area contributed by atoms with Gasteiger partial charge < -0.3 is 19.5 Å². The van der Waals surface area contributed by atoms with Crippen molar-refractivity contribution >= 4 is 23.0 Å². The fourth-order valence-electron chi connectivity index (χ4n) is 4.51. The number of aryl methyl sites for hydroxylation is 1. The van der Waals surface area contributed by atoms with Crippen molar-refractivity contribution in [3.8, 4) is 0 Å². The molecule has 1 N–H and O–H groups in total. The normalized spacial score (nSPS) is 23.7. The van der Waals surface area contributed by atoms with E-state index in [9.17, 15) is 0 Å². The van der Waals surface area contributed by atoms with Crippen LogP contribution in [-0.4, -0.2) is 27.4 Å². The molecule has 5 rings (SSSR count). The van der Waals surface area contributed by atoms with Crippen LogP contribution in [0.2, 0.25) is 0 Å². The average Bonchev–Trinajstić information content (AvgIpc) is 3.50. The van der Waals surface area contributed by atoms with Gasteiger partial charge in [0.05, 0.1) is 17.8 Å². The zero-order chi connectivity index (χ0) is 20.5. The monoisotopic (exact) mass is 418 g/mol. The zero-order valence-electron chi connectivity index (χ0n) is 17.1. The molecular weight excluding hydrogens is 392 g/mol. The summed E-state index contributed by atoms with van der Waals surface area (Å²) in [5.74, 6) is 0. The Morgan fingerprint density at radius 3 is 2.73 bits per heavy atom. The summed E-state index contributed by atoms with van der Waals surface area (Å²) in [6, 6.07) is 18.9. The molecule has 1 aromatic carbocycles. The highest BCUT2D eigenvalue weighted by Crippen LogP contribution is 2.41. The van der Waals surface area contributed by atoms with Crippen molar-refractivity contribution in [2.24, 2.45) is 0 Å². The average molecular weight is 419 g/mol. The number of pyridine rings is 1. The number of ether oxygens (including phenoxy) is 1. The van der Waals surface area contributed by atoms with E-state index >= 15 is 0 Å². The lowest BCUT2D eigenvalue weighted by Gasteiger charge is -2.29. The molecule has 4 heterocycles. The molecule has 2 saturated heterocycles. The van der Waals surface area contributed by atoms with Crippen LogP contribution in [0, 0.1) is 6.92 Å². The molecule has 2 aromatic heterocycles. The Morgan fingerprint density at radius 1 is 1.13 bits per heavy atom. The molecule has 0 unspecified atom stereocenters. The van der Waals surface area contributed by atoms with Gasteiger partial charge in [-0.2, -0.15) is 0 Å². The third-order valence-corrected chi connectivity index (χ3v) is 6.32. The summed E-state index contributed by atoms with van der Waals surface area (Å²) in [6.45, 7) is 3.83. The summed E-state index contributed by atoms with van der Waals surface area (Å²) < 4.78 is 8.24. The first-order valence-corrected chi connectivity index (χ1v) is 11.0. The number of nitrogens with one attached hydrogen (secondary N) is 1. The highest BCUT2D eigenvalue weighted by molar-refractivity contribution is 7.80. The minimum Gasteiger partial charge on any atom is -0.376 e. The van der Waals surface area contributed by atoms with E-state index in [-0.39, 0.29) is 18.2 Å². The first-order chi connectivity index (χ1) is 14.7. The van der Waals surface area contributed by atoms with Gasteiger partial charge in [0, 0.05) is 36.9 Å². The molecule has 3 aromatic rings. The molecule has 6 heteroatoms. The first kappa shape index (κ1) is 19.3. The second-order valence-corrected chi connectivity index (χ2v) is 8.44.